The van der Waals surface area contributed by atoms with Crippen LogP contribution in [0.4, 0.5) is 10.5 Å². The normalized spacial score (nSPS) is 14.9. The Labute approximate surface area is 115 Å². The van der Waals surface area contributed by atoms with Gasteiger partial charge in [-0.1, -0.05) is 24.1 Å². The van der Waals surface area contributed by atoms with Gasteiger partial charge in [-0.05, 0) is 56.7 Å². The highest BCUT2D eigenvalue weighted by atomic mass is 16.2. The highest BCUT2D eigenvalue weighted by Crippen LogP contribution is 2.22. The van der Waals surface area contributed by atoms with Gasteiger partial charge < -0.3 is 10.6 Å². The Balaban J connectivity index is 1.92. The quantitative estimate of drug-likeness (QED) is 0.817. The van der Waals surface area contributed by atoms with E-state index in [9.17, 15) is 4.79 Å². The molecule has 1 fully saturated rings. The van der Waals surface area contributed by atoms with Crippen LogP contribution in [0.15, 0.2) is 30.0 Å². The van der Waals surface area contributed by atoms with Crippen LogP contribution in [0.3, 0.4) is 0 Å². The fourth-order valence-corrected chi connectivity index (χ4v) is 2.35. The lowest BCUT2D eigenvalue weighted by Gasteiger charge is -2.14. The van der Waals surface area contributed by atoms with Crippen molar-refractivity contribution in [3.05, 3.63) is 41.1 Å². The van der Waals surface area contributed by atoms with E-state index in [1.165, 1.54) is 24.8 Å². The number of hydrogen-bond acceptors (Lipinski definition) is 1. The minimum absolute atomic E-state index is 0.160. The number of hydrogen-bond donors (Lipinski definition) is 2. The fourth-order valence-electron chi connectivity index (χ4n) is 2.35. The van der Waals surface area contributed by atoms with Gasteiger partial charge in [-0.2, -0.15) is 0 Å². The molecule has 0 saturated heterocycles. The van der Waals surface area contributed by atoms with Crippen molar-refractivity contribution in [2.45, 2.75) is 46.0 Å². The lowest BCUT2D eigenvalue weighted by molar-refractivity contribution is 0.255. The summed E-state index contributed by atoms with van der Waals surface area (Å²) in [6.45, 7) is 4.02. The van der Waals surface area contributed by atoms with Crippen molar-refractivity contribution in [1.82, 2.24) is 5.32 Å². The number of amides is 2. The monoisotopic (exact) mass is 258 g/mol. The smallest absolute Gasteiger partial charge is 0.314 e. The molecule has 1 aliphatic carbocycles. The molecule has 0 aliphatic heterocycles. The molecule has 1 aliphatic rings. The fraction of sp³-hybridized carbons (Fsp3) is 0.438. The third-order valence-electron chi connectivity index (χ3n) is 3.54. The number of carbonyl (C=O) groups is 1. The van der Waals surface area contributed by atoms with Gasteiger partial charge in [-0.3, -0.25) is 0 Å². The predicted octanol–water partition coefficient (Wildman–Crippen LogP) is 4.27. The summed E-state index contributed by atoms with van der Waals surface area (Å²) < 4.78 is 0. The Kier molecular flexibility index (Phi) is 4.61. The molecular weight excluding hydrogens is 236 g/mol. The van der Waals surface area contributed by atoms with Crippen LogP contribution in [-0.2, 0) is 0 Å². The van der Waals surface area contributed by atoms with Gasteiger partial charge in [0.2, 0.25) is 0 Å². The molecular formula is C16H22N2O. The molecule has 2 amide bonds. The Morgan fingerprint density at radius 2 is 1.89 bits per heavy atom. The zero-order chi connectivity index (χ0) is 13.7. The van der Waals surface area contributed by atoms with E-state index < -0.39 is 0 Å². The average molecular weight is 258 g/mol. The van der Waals surface area contributed by atoms with Gasteiger partial charge >= 0.3 is 6.03 Å². The molecule has 1 aromatic carbocycles. The lowest BCUT2D eigenvalue weighted by atomic mass is 9.96. The molecule has 2 rings (SSSR count). The van der Waals surface area contributed by atoms with Crippen molar-refractivity contribution >= 4 is 11.7 Å². The molecule has 3 nitrogen and oxygen atoms in total. The largest absolute Gasteiger partial charge is 0.323 e. The summed E-state index contributed by atoms with van der Waals surface area (Å²) in [6.07, 6.45) is 7.90. The van der Waals surface area contributed by atoms with Crippen LogP contribution in [0.1, 0.15) is 43.2 Å². The number of urea groups is 1. The van der Waals surface area contributed by atoms with Gasteiger partial charge in [0.05, 0.1) is 0 Å². The second kappa shape index (κ2) is 6.41. The zero-order valence-electron chi connectivity index (χ0n) is 11.8. The molecule has 2 N–H and O–H groups in total. The number of anilines is 1. The molecule has 0 unspecified atom stereocenters. The Bertz CT molecular complexity index is 484. The van der Waals surface area contributed by atoms with E-state index in [2.05, 4.69) is 10.6 Å². The summed E-state index contributed by atoms with van der Waals surface area (Å²) in [7, 11) is 0. The van der Waals surface area contributed by atoms with Crippen molar-refractivity contribution in [3.8, 4) is 0 Å². The maximum absolute atomic E-state index is 11.9. The van der Waals surface area contributed by atoms with Crippen molar-refractivity contribution in [1.29, 1.82) is 0 Å². The van der Waals surface area contributed by atoms with Gasteiger partial charge in [-0.25, -0.2) is 4.79 Å². The van der Waals surface area contributed by atoms with Crippen molar-refractivity contribution in [2.24, 2.45) is 0 Å². The van der Waals surface area contributed by atoms with E-state index in [-0.39, 0.29) is 6.03 Å². The van der Waals surface area contributed by atoms with E-state index in [1.54, 1.807) is 0 Å². The third-order valence-corrected chi connectivity index (χ3v) is 3.54. The van der Waals surface area contributed by atoms with Crippen molar-refractivity contribution in [2.75, 3.05) is 5.32 Å². The van der Waals surface area contributed by atoms with Gasteiger partial charge in [-0.15, -0.1) is 0 Å². The number of allylic oxidation sites excluding steroid dienone is 1. The predicted molar refractivity (Wildman–Crippen MR) is 79.2 cm³/mol. The zero-order valence-corrected chi connectivity index (χ0v) is 11.8. The maximum atomic E-state index is 11.9. The number of nitrogens with one attached hydrogen (secondary N) is 2. The topological polar surface area (TPSA) is 41.1 Å². The minimum Gasteiger partial charge on any atom is -0.314 e. The molecule has 0 heterocycles. The summed E-state index contributed by atoms with van der Waals surface area (Å²) in [5.74, 6) is 0. The van der Waals surface area contributed by atoms with Crippen LogP contribution < -0.4 is 10.6 Å². The van der Waals surface area contributed by atoms with Gasteiger partial charge in [0.1, 0.15) is 0 Å². The second-order valence-corrected chi connectivity index (χ2v) is 5.28. The second-order valence-electron chi connectivity index (χ2n) is 5.28. The van der Waals surface area contributed by atoms with E-state index in [1.807, 2.05) is 38.2 Å². The number of rotatable bonds is 2. The highest BCUT2D eigenvalue weighted by Gasteiger charge is 2.07. The first-order chi connectivity index (χ1) is 9.15. The first kappa shape index (κ1) is 13.7. The van der Waals surface area contributed by atoms with Crippen LogP contribution >= 0.6 is 0 Å². The van der Waals surface area contributed by atoms with Crippen LogP contribution in [0.25, 0.3) is 0 Å². The SMILES string of the molecule is Cc1ccc(C)c(NC(=O)NC=C2CCCCC2)c1. The van der Waals surface area contributed by atoms with E-state index in [0.717, 1.165) is 29.7 Å². The number of benzene rings is 1. The molecule has 19 heavy (non-hydrogen) atoms. The van der Waals surface area contributed by atoms with E-state index >= 15 is 0 Å². The van der Waals surface area contributed by atoms with E-state index in [0.29, 0.717) is 0 Å². The molecule has 0 spiro atoms. The Hall–Kier alpha value is -1.77. The van der Waals surface area contributed by atoms with Crippen LogP contribution in [0.2, 0.25) is 0 Å². The summed E-state index contributed by atoms with van der Waals surface area (Å²) in [6, 6.07) is 5.89. The van der Waals surface area contributed by atoms with Crippen molar-refractivity contribution < 1.29 is 4.79 Å². The van der Waals surface area contributed by atoms with Crippen molar-refractivity contribution in [3.63, 3.8) is 0 Å². The standard InChI is InChI=1S/C16H22N2O/c1-12-8-9-13(2)15(10-12)18-16(19)17-11-14-6-4-3-5-7-14/h8-11H,3-7H2,1-2H3,(H2,17,18,19). The first-order valence-corrected chi connectivity index (χ1v) is 6.98. The molecule has 0 aromatic heterocycles. The maximum Gasteiger partial charge on any atom is 0.323 e. The highest BCUT2D eigenvalue weighted by molar-refractivity contribution is 5.90. The Morgan fingerprint density at radius 1 is 1.16 bits per heavy atom. The molecule has 0 atom stereocenters. The van der Waals surface area contributed by atoms with Crippen LogP contribution in [-0.4, -0.2) is 6.03 Å². The van der Waals surface area contributed by atoms with Crippen LogP contribution in [0, 0.1) is 13.8 Å². The van der Waals surface area contributed by atoms with E-state index in [4.69, 9.17) is 0 Å². The third kappa shape index (κ3) is 4.12. The summed E-state index contributed by atoms with van der Waals surface area (Å²) in [5.41, 5.74) is 4.44. The molecule has 3 heteroatoms. The summed E-state index contributed by atoms with van der Waals surface area (Å²) in [4.78, 5) is 11.9. The molecule has 0 bridgehead atoms. The number of carbonyl (C=O) groups excluding carboxylic acids is 1. The average Bonchev–Trinajstić information content (AvgIpc) is 2.42. The molecule has 0 radical (unpaired) electrons. The number of aryl methyl sites for hydroxylation is 2. The molecule has 1 aromatic rings. The molecule has 102 valence electrons. The van der Waals surface area contributed by atoms with Gasteiger partial charge in [0, 0.05) is 11.9 Å². The minimum atomic E-state index is -0.160. The molecule has 1 saturated carbocycles. The van der Waals surface area contributed by atoms with Gasteiger partial charge in [0.15, 0.2) is 0 Å². The summed E-state index contributed by atoms with van der Waals surface area (Å²) >= 11 is 0. The Morgan fingerprint density at radius 3 is 2.63 bits per heavy atom. The summed E-state index contributed by atoms with van der Waals surface area (Å²) in [5, 5.41) is 5.73. The lowest BCUT2D eigenvalue weighted by Crippen LogP contribution is -2.25. The van der Waals surface area contributed by atoms with Crippen LogP contribution in [0.5, 0.6) is 0 Å². The van der Waals surface area contributed by atoms with Gasteiger partial charge in [0.25, 0.3) is 0 Å². The first-order valence-electron chi connectivity index (χ1n) is 6.98.